The van der Waals surface area contributed by atoms with Gasteiger partial charge in [0.05, 0.1) is 18.6 Å². The Hall–Kier alpha value is -1.98. The predicted molar refractivity (Wildman–Crippen MR) is 90.4 cm³/mol. The van der Waals surface area contributed by atoms with Crippen LogP contribution in [0.15, 0.2) is 48.5 Å². The van der Waals surface area contributed by atoms with Gasteiger partial charge in [-0.1, -0.05) is 48.9 Å². The molecular formula is C19H20ClNO. The lowest BCUT2D eigenvalue weighted by Crippen LogP contribution is -2.02. The summed E-state index contributed by atoms with van der Waals surface area (Å²) >= 11 is 6.16. The molecule has 114 valence electrons. The van der Waals surface area contributed by atoms with E-state index < -0.39 is 0 Å². The largest absolute Gasteiger partial charge is 0.494 e. The first kappa shape index (κ1) is 16.4. The molecule has 0 aliphatic rings. The van der Waals surface area contributed by atoms with Crippen LogP contribution in [0, 0.1) is 11.3 Å². The molecule has 2 aromatic carbocycles. The zero-order chi connectivity index (χ0) is 15.8. The van der Waals surface area contributed by atoms with E-state index in [1.165, 1.54) is 5.56 Å². The third kappa shape index (κ3) is 4.51. The van der Waals surface area contributed by atoms with E-state index >= 15 is 0 Å². The van der Waals surface area contributed by atoms with Gasteiger partial charge in [-0.05, 0) is 48.6 Å². The monoisotopic (exact) mass is 313 g/mol. The van der Waals surface area contributed by atoms with E-state index in [1.54, 1.807) is 0 Å². The SMILES string of the molecule is CCc1cccc(OCCCC(C#N)c2ccccc2Cl)c1. The van der Waals surface area contributed by atoms with Crippen molar-refractivity contribution >= 4 is 11.6 Å². The molecule has 0 aliphatic carbocycles. The highest BCUT2D eigenvalue weighted by Gasteiger charge is 2.13. The van der Waals surface area contributed by atoms with Crippen molar-refractivity contribution in [1.82, 2.24) is 0 Å². The molecule has 0 saturated carbocycles. The van der Waals surface area contributed by atoms with Gasteiger partial charge in [0.15, 0.2) is 0 Å². The first-order valence-electron chi connectivity index (χ1n) is 7.60. The van der Waals surface area contributed by atoms with Crippen LogP contribution in [-0.4, -0.2) is 6.61 Å². The third-order valence-electron chi connectivity index (χ3n) is 3.65. The molecule has 0 amide bonds. The van der Waals surface area contributed by atoms with Gasteiger partial charge in [-0.3, -0.25) is 0 Å². The lowest BCUT2D eigenvalue weighted by molar-refractivity contribution is 0.304. The van der Waals surface area contributed by atoms with Gasteiger partial charge in [-0.15, -0.1) is 0 Å². The number of hydrogen-bond acceptors (Lipinski definition) is 2. The van der Waals surface area contributed by atoms with E-state index in [0.717, 1.165) is 30.6 Å². The number of benzene rings is 2. The smallest absolute Gasteiger partial charge is 0.119 e. The van der Waals surface area contributed by atoms with Gasteiger partial charge in [0.25, 0.3) is 0 Å². The van der Waals surface area contributed by atoms with Crippen molar-refractivity contribution in [1.29, 1.82) is 5.26 Å². The van der Waals surface area contributed by atoms with E-state index in [4.69, 9.17) is 16.3 Å². The molecule has 0 saturated heterocycles. The molecule has 0 aliphatic heterocycles. The fourth-order valence-electron chi connectivity index (χ4n) is 2.38. The van der Waals surface area contributed by atoms with Crippen LogP contribution in [0.3, 0.4) is 0 Å². The van der Waals surface area contributed by atoms with Crippen molar-refractivity contribution < 1.29 is 4.74 Å². The summed E-state index contributed by atoms with van der Waals surface area (Å²) in [5.41, 5.74) is 2.17. The summed E-state index contributed by atoms with van der Waals surface area (Å²) in [6.07, 6.45) is 2.56. The summed E-state index contributed by atoms with van der Waals surface area (Å²) in [6, 6.07) is 18.0. The predicted octanol–water partition coefficient (Wildman–Crippen LogP) is 5.37. The Labute approximate surface area is 137 Å². The fraction of sp³-hybridized carbons (Fsp3) is 0.316. The van der Waals surface area contributed by atoms with Crippen LogP contribution >= 0.6 is 11.6 Å². The van der Waals surface area contributed by atoms with E-state index in [1.807, 2.05) is 36.4 Å². The quantitative estimate of drug-likeness (QED) is 0.644. The second-order valence-corrected chi connectivity index (χ2v) is 5.60. The number of nitriles is 1. The summed E-state index contributed by atoms with van der Waals surface area (Å²) in [7, 11) is 0. The van der Waals surface area contributed by atoms with Crippen LogP contribution in [-0.2, 0) is 6.42 Å². The summed E-state index contributed by atoms with van der Waals surface area (Å²) < 4.78 is 5.77. The van der Waals surface area contributed by atoms with Gasteiger partial charge in [0, 0.05) is 5.02 Å². The molecule has 0 aromatic heterocycles. The Kier molecular flexibility index (Phi) is 6.30. The first-order chi connectivity index (χ1) is 10.7. The molecule has 2 nitrogen and oxygen atoms in total. The Bertz CT molecular complexity index is 648. The van der Waals surface area contributed by atoms with Gasteiger partial charge >= 0.3 is 0 Å². The van der Waals surface area contributed by atoms with Gasteiger partial charge < -0.3 is 4.74 Å². The number of rotatable bonds is 7. The maximum atomic E-state index is 9.34. The van der Waals surface area contributed by atoms with E-state index in [-0.39, 0.29) is 5.92 Å². The number of hydrogen-bond donors (Lipinski definition) is 0. The zero-order valence-electron chi connectivity index (χ0n) is 12.8. The van der Waals surface area contributed by atoms with Crippen molar-refractivity contribution in [3.05, 3.63) is 64.7 Å². The van der Waals surface area contributed by atoms with Gasteiger partial charge in [0.1, 0.15) is 5.75 Å². The Balaban J connectivity index is 1.85. The third-order valence-corrected chi connectivity index (χ3v) is 3.99. The number of nitrogens with zero attached hydrogens (tertiary/aromatic N) is 1. The highest BCUT2D eigenvalue weighted by atomic mass is 35.5. The highest BCUT2D eigenvalue weighted by Crippen LogP contribution is 2.27. The Morgan fingerprint density at radius 1 is 1.18 bits per heavy atom. The topological polar surface area (TPSA) is 33.0 Å². The van der Waals surface area contributed by atoms with Crippen LogP contribution in [0.2, 0.25) is 5.02 Å². The van der Waals surface area contributed by atoms with Gasteiger partial charge in [-0.2, -0.15) is 5.26 Å². The summed E-state index contributed by atoms with van der Waals surface area (Å²) in [5.74, 6) is 0.713. The van der Waals surface area contributed by atoms with Crippen LogP contribution in [0.5, 0.6) is 5.75 Å². The molecule has 2 aromatic rings. The van der Waals surface area contributed by atoms with Crippen LogP contribution < -0.4 is 4.74 Å². The van der Waals surface area contributed by atoms with Gasteiger partial charge in [-0.25, -0.2) is 0 Å². The normalized spacial score (nSPS) is 11.7. The molecule has 1 atom stereocenters. The molecule has 0 spiro atoms. The Morgan fingerprint density at radius 3 is 2.73 bits per heavy atom. The average molecular weight is 314 g/mol. The van der Waals surface area contributed by atoms with E-state index in [2.05, 4.69) is 25.1 Å². The minimum atomic E-state index is -0.181. The molecule has 0 fully saturated rings. The molecule has 0 bridgehead atoms. The molecule has 0 heterocycles. The minimum absolute atomic E-state index is 0.181. The lowest BCUT2D eigenvalue weighted by atomic mass is 9.96. The van der Waals surface area contributed by atoms with Crippen molar-refractivity contribution in [3.63, 3.8) is 0 Å². The maximum Gasteiger partial charge on any atom is 0.119 e. The molecule has 1 unspecified atom stereocenters. The zero-order valence-corrected chi connectivity index (χ0v) is 13.5. The van der Waals surface area contributed by atoms with Gasteiger partial charge in [0.2, 0.25) is 0 Å². The molecule has 3 heteroatoms. The second kappa shape index (κ2) is 8.46. The number of halogens is 1. The molecule has 0 N–H and O–H groups in total. The molecule has 0 radical (unpaired) electrons. The lowest BCUT2D eigenvalue weighted by Gasteiger charge is -2.12. The summed E-state index contributed by atoms with van der Waals surface area (Å²) in [5, 5.41) is 10.00. The molecule has 22 heavy (non-hydrogen) atoms. The molecular weight excluding hydrogens is 294 g/mol. The van der Waals surface area contributed by atoms with Crippen molar-refractivity contribution in [2.24, 2.45) is 0 Å². The maximum absolute atomic E-state index is 9.34. The minimum Gasteiger partial charge on any atom is -0.494 e. The average Bonchev–Trinajstić information content (AvgIpc) is 2.56. The van der Waals surface area contributed by atoms with Crippen molar-refractivity contribution in [3.8, 4) is 11.8 Å². The van der Waals surface area contributed by atoms with Crippen LogP contribution in [0.25, 0.3) is 0 Å². The van der Waals surface area contributed by atoms with Crippen LogP contribution in [0.4, 0.5) is 0 Å². The fourth-order valence-corrected chi connectivity index (χ4v) is 2.65. The molecule has 2 rings (SSSR count). The van der Waals surface area contributed by atoms with Crippen molar-refractivity contribution in [2.75, 3.05) is 6.61 Å². The number of aryl methyl sites for hydroxylation is 1. The van der Waals surface area contributed by atoms with E-state index in [0.29, 0.717) is 11.6 Å². The first-order valence-corrected chi connectivity index (χ1v) is 7.98. The second-order valence-electron chi connectivity index (χ2n) is 5.19. The Morgan fingerprint density at radius 2 is 2.00 bits per heavy atom. The standard InChI is InChI=1S/C19H20ClNO/c1-2-15-7-5-9-17(13-15)22-12-6-8-16(14-21)18-10-3-4-11-19(18)20/h3-5,7,9-11,13,16H,2,6,8,12H2,1H3. The number of ether oxygens (including phenoxy) is 1. The highest BCUT2D eigenvalue weighted by molar-refractivity contribution is 6.31. The van der Waals surface area contributed by atoms with E-state index in [9.17, 15) is 5.26 Å². The summed E-state index contributed by atoms with van der Waals surface area (Å²) in [4.78, 5) is 0. The summed E-state index contributed by atoms with van der Waals surface area (Å²) in [6.45, 7) is 2.73. The van der Waals surface area contributed by atoms with Crippen molar-refractivity contribution in [2.45, 2.75) is 32.1 Å². The van der Waals surface area contributed by atoms with Crippen LogP contribution in [0.1, 0.15) is 36.8 Å².